The summed E-state index contributed by atoms with van der Waals surface area (Å²) in [5.41, 5.74) is 9.67. The first-order valence-corrected chi connectivity index (χ1v) is 15.1. The van der Waals surface area contributed by atoms with E-state index in [0.717, 1.165) is 38.8 Å². The van der Waals surface area contributed by atoms with Gasteiger partial charge in [0.25, 0.3) is 0 Å². The molecule has 0 spiro atoms. The maximum atomic E-state index is 4.94. The fraction of sp³-hybridized carbons (Fsp3) is 0. The third-order valence-corrected chi connectivity index (χ3v) is 8.74. The van der Waals surface area contributed by atoms with Crippen molar-refractivity contribution in [2.24, 2.45) is 0 Å². The van der Waals surface area contributed by atoms with Gasteiger partial charge in [-0.05, 0) is 79.0 Å². The van der Waals surface area contributed by atoms with Crippen LogP contribution >= 0.6 is 0 Å². The molecule has 45 heavy (non-hydrogen) atoms. The third-order valence-electron chi connectivity index (χ3n) is 8.74. The van der Waals surface area contributed by atoms with E-state index in [1.165, 1.54) is 43.6 Å². The van der Waals surface area contributed by atoms with Gasteiger partial charge in [0.1, 0.15) is 11.0 Å². The van der Waals surface area contributed by atoms with Crippen molar-refractivity contribution in [1.29, 1.82) is 0 Å². The normalized spacial score (nSPS) is 11.6. The predicted molar refractivity (Wildman–Crippen MR) is 185 cm³/mol. The second-order valence-corrected chi connectivity index (χ2v) is 11.4. The molecule has 9 rings (SSSR count). The van der Waals surface area contributed by atoms with Gasteiger partial charge in [-0.1, -0.05) is 121 Å². The molecular weight excluding hydrogens is 548 g/mol. The topological polar surface area (TPSA) is 43.6 Å². The van der Waals surface area contributed by atoms with Crippen LogP contribution in [0.15, 0.2) is 158 Å². The molecule has 0 unspecified atom stereocenters. The second-order valence-electron chi connectivity index (χ2n) is 11.4. The van der Waals surface area contributed by atoms with Gasteiger partial charge >= 0.3 is 0 Å². The molecule has 0 aliphatic carbocycles. The molecule has 0 saturated carbocycles. The maximum absolute atomic E-state index is 4.94. The third kappa shape index (κ3) is 4.19. The zero-order chi connectivity index (χ0) is 29.7. The minimum atomic E-state index is 0.857. The first-order chi connectivity index (χ1) is 22.3. The summed E-state index contributed by atoms with van der Waals surface area (Å²) in [6, 6.07) is 51.3. The van der Waals surface area contributed by atoms with Gasteiger partial charge in [-0.3, -0.25) is 4.98 Å². The molecule has 2 heterocycles. The standard InChI is InChI=1S/C41H26N4/c1-2-10-28(11-3-1)40-33-14-6-8-16-35(33)41(36-17-9-7-15-34(36)40)29-20-23-38-39(24-29)44-45(43-38)31-21-18-27(19-22-31)37-26-42-25-30-12-4-5-13-32(30)37/h1-26H. The Morgan fingerprint density at radius 1 is 0.400 bits per heavy atom. The van der Waals surface area contributed by atoms with Crippen LogP contribution in [-0.4, -0.2) is 20.0 Å². The highest BCUT2D eigenvalue weighted by atomic mass is 15.5. The van der Waals surface area contributed by atoms with Crippen LogP contribution in [-0.2, 0) is 0 Å². The van der Waals surface area contributed by atoms with Crippen molar-refractivity contribution in [2.45, 2.75) is 0 Å². The van der Waals surface area contributed by atoms with Crippen molar-refractivity contribution in [3.63, 3.8) is 0 Å². The molecule has 7 aromatic carbocycles. The second kappa shape index (κ2) is 10.2. The summed E-state index contributed by atoms with van der Waals surface area (Å²) in [5.74, 6) is 0. The fourth-order valence-electron chi connectivity index (χ4n) is 6.66. The molecule has 0 atom stereocenters. The van der Waals surface area contributed by atoms with Gasteiger partial charge in [-0.15, -0.1) is 10.2 Å². The van der Waals surface area contributed by atoms with Gasteiger partial charge in [0.2, 0.25) is 0 Å². The Morgan fingerprint density at radius 2 is 0.956 bits per heavy atom. The summed E-state index contributed by atoms with van der Waals surface area (Å²) in [6.45, 7) is 0. The molecule has 4 heteroatoms. The zero-order valence-corrected chi connectivity index (χ0v) is 24.3. The van der Waals surface area contributed by atoms with E-state index >= 15 is 0 Å². The van der Waals surface area contributed by atoms with E-state index in [4.69, 9.17) is 10.2 Å². The lowest BCUT2D eigenvalue weighted by atomic mass is 9.86. The molecule has 9 aromatic rings. The summed E-state index contributed by atoms with van der Waals surface area (Å²) in [6.07, 6.45) is 3.84. The van der Waals surface area contributed by atoms with Gasteiger partial charge in [0.15, 0.2) is 0 Å². The Labute approximate surface area is 259 Å². The summed E-state index contributed by atoms with van der Waals surface area (Å²) in [4.78, 5) is 6.19. The van der Waals surface area contributed by atoms with Gasteiger partial charge in [0.05, 0.1) is 5.69 Å². The number of hydrogen-bond donors (Lipinski definition) is 0. The summed E-state index contributed by atoms with van der Waals surface area (Å²) in [5, 5.41) is 17.0. The highest BCUT2D eigenvalue weighted by Gasteiger charge is 2.17. The lowest BCUT2D eigenvalue weighted by Crippen LogP contribution is -1.98. The Bertz CT molecular complexity index is 2470. The van der Waals surface area contributed by atoms with Gasteiger partial charge in [-0.2, -0.15) is 4.80 Å². The van der Waals surface area contributed by atoms with Gasteiger partial charge < -0.3 is 0 Å². The Morgan fingerprint density at radius 3 is 1.64 bits per heavy atom. The lowest BCUT2D eigenvalue weighted by Gasteiger charge is -2.17. The number of hydrogen-bond acceptors (Lipinski definition) is 3. The summed E-state index contributed by atoms with van der Waals surface area (Å²) < 4.78 is 0. The number of nitrogens with zero attached hydrogens (tertiary/aromatic N) is 4. The molecule has 0 aliphatic heterocycles. The van der Waals surface area contributed by atoms with E-state index in [1.807, 2.05) is 18.5 Å². The highest BCUT2D eigenvalue weighted by molar-refractivity contribution is 6.21. The molecule has 2 aromatic heterocycles. The Balaban J connectivity index is 1.16. The number of aromatic nitrogens is 4. The number of pyridine rings is 1. The van der Waals surface area contributed by atoms with E-state index in [9.17, 15) is 0 Å². The highest BCUT2D eigenvalue weighted by Crippen LogP contribution is 2.43. The van der Waals surface area contributed by atoms with Crippen molar-refractivity contribution in [2.75, 3.05) is 0 Å². The number of fused-ring (bicyclic) bond motifs is 4. The monoisotopic (exact) mass is 574 g/mol. The first-order valence-electron chi connectivity index (χ1n) is 15.1. The lowest BCUT2D eigenvalue weighted by molar-refractivity contribution is 0.766. The predicted octanol–water partition coefficient (Wildman–Crippen LogP) is 10.3. The first kappa shape index (κ1) is 25.4. The van der Waals surface area contributed by atoms with Crippen molar-refractivity contribution in [1.82, 2.24) is 20.0 Å². The average molecular weight is 575 g/mol. The number of benzene rings is 7. The van der Waals surface area contributed by atoms with Crippen LogP contribution in [0.2, 0.25) is 0 Å². The minimum absolute atomic E-state index is 0.857. The maximum Gasteiger partial charge on any atom is 0.114 e. The largest absolute Gasteiger partial charge is 0.263 e. The van der Waals surface area contributed by atoms with Crippen LogP contribution in [0.25, 0.3) is 82.4 Å². The molecule has 0 radical (unpaired) electrons. The Kier molecular flexibility index (Phi) is 5.78. The van der Waals surface area contributed by atoms with Crippen molar-refractivity contribution >= 4 is 43.4 Å². The van der Waals surface area contributed by atoms with Crippen LogP contribution in [0.3, 0.4) is 0 Å². The summed E-state index contributed by atoms with van der Waals surface area (Å²) >= 11 is 0. The molecule has 0 N–H and O–H groups in total. The van der Waals surface area contributed by atoms with E-state index < -0.39 is 0 Å². The molecular formula is C41H26N4. The molecule has 0 amide bonds. The average Bonchev–Trinajstić information content (AvgIpc) is 3.54. The number of rotatable bonds is 4. The Hall–Kier alpha value is -6.13. The molecule has 4 nitrogen and oxygen atoms in total. The smallest absolute Gasteiger partial charge is 0.114 e. The van der Waals surface area contributed by atoms with E-state index in [2.05, 4.69) is 145 Å². The van der Waals surface area contributed by atoms with E-state index in [0.29, 0.717) is 0 Å². The van der Waals surface area contributed by atoms with Crippen LogP contribution in [0.5, 0.6) is 0 Å². The van der Waals surface area contributed by atoms with Crippen LogP contribution in [0.1, 0.15) is 0 Å². The van der Waals surface area contributed by atoms with Crippen molar-refractivity contribution in [3.8, 4) is 39.1 Å². The molecule has 0 aliphatic rings. The van der Waals surface area contributed by atoms with Crippen molar-refractivity contribution in [3.05, 3.63) is 158 Å². The van der Waals surface area contributed by atoms with Crippen LogP contribution in [0.4, 0.5) is 0 Å². The van der Waals surface area contributed by atoms with Crippen LogP contribution in [0, 0.1) is 0 Å². The molecule has 0 saturated heterocycles. The van der Waals surface area contributed by atoms with Gasteiger partial charge in [0, 0.05) is 23.3 Å². The quantitative estimate of drug-likeness (QED) is 0.196. The molecule has 0 bridgehead atoms. The van der Waals surface area contributed by atoms with E-state index in [1.54, 1.807) is 4.80 Å². The fourth-order valence-corrected chi connectivity index (χ4v) is 6.66. The molecule has 210 valence electrons. The molecule has 0 fully saturated rings. The summed E-state index contributed by atoms with van der Waals surface area (Å²) in [7, 11) is 0. The van der Waals surface area contributed by atoms with Crippen molar-refractivity contribution < 1.29 is 0 Å². The van der Waals surface area contributed by atoms with Crippen LogP contribution < -0.4 is 0 Å². The van der Waals surface area contributed by atoms with E-state index in [-0.39, 0.29) is 0 Å². The minimum Gasteiger partial charge on any atom is -0.263 e. The van der Waals surface area contributed by atoms with Gasteiger partial charge in [-0.25, -0.2) is 0 Å². The zero-order valence-electron chi connectivity index (χ0n) is 24.3. The SMILES string of the molecule is c1ccc(-c2c3ccccc3c(-c3ccc4nn(-c5ccc(-c6cncc7ccccc67)cc5)nc4c3)c3ccccc23)cc1.